The van der Waals surface area contributed by atoms with E-state index in [-0.39, 0.29) is 36.8 Å². The van der Waals surface area contributed by atoms with Gasteiger partial charge in [-0.1, -0.05) is 35.4 Å². The average molecular weight is 534 g/mol. The van der Waals surface area contributed by atoms with E-state index in [1.807, 2.05) is 49.3 Å². The minimum absolute atomic E-state index is 0. The van der Waals surface area contributed by atoms with Crippen LogP contribution in [0.25, 0.3) is 10.9 Å². The highest BCUT2D eigenvalue weighted by molar-refractivity contribution is 6.29. The molecule has 4 aromatic rings. The Morgan fingerprint density at radius 1 is 1.00 bits per heavy atom. The monoisotopic (exact) mass is 532 g/mol. The van der Waals surface area contributed by atoms with Gasteiger partial charge in [-0.15, -0.1) is 24.8 Å². The Kier molecular flexibility index (Phi) is 9.65. The van der Waals surface area contributed by atoms with Crippen molar-refractivity contribution in [3.05, 3.63) is 82.6 Å². The summed E-state index contributed by atoms with van der Waals surface area (Å²) in [6.07, 6.45) is 1.45. The first kappa shape index (κ1) is 28.1. The third-order valence-electron chi connectivity index (χ3n) is 5.25. The van der Waals surface area contributed by atoms with E-state index in [0.29, 0.717) is 22.4 Å². The second-order valence-electron chi connectivity index (χ2n) is 8.10. The minimum atomic E-state index is -0.239. The lowest BCUT2D eigenvalue weighted by Gasteiger charge is -2.19. The Balaban J connectivity index is 0.00000216. The number of pyridine rings is 1. The molecular weight excluding hydrogens is 507 g/mol. The largest absolute Gasteiger partial charge is 0.363 e. The molecule has 1 atom stereocenters. The quantitative estimate of drug-likeness (QED) is 0.282. The second-order valence-corrected chi connectivity index (χ2v) is 8.49. The van der Waals surface area contributed by atoms with Gasteiger partial charge in [0.1, 0.15) is 11.0 Å². The van der Waals surface area contributed by atoms with Gasteiger partial charge in [-0.2, -0.15) is 4.98 Å². The summed E-state index contributed by atoms with van der Waals surface area (Å²) < 4.78 is 0. The van der Waals surface area contributed by atoms with Crippen LogP contribution in [0.3, 0.4) is 0 Å². The fourth-order valence-corrected chi connectivity index (χ4v) is 3.51. The summed E-state index contributed by atoms with van der Waals surface area (Å²) in [5, 5.41) is 7.73. The SMILES string of the molecule is Cc1ccc2nc(N(C)C)nc(N[C@@H](C)c3ccc(NC(=O)c4ccc(Cl)nc4)cc3)c2c1.Cl.Cl. The Hall–Kier alpha value is -3.13. The first-order valence-corrected chi connectivity index (χ1v) is 10.9. The molecule has 4 rings (SSSR count). The Bertz CT molecular complexity index is 1300. The molecule has 10 heteroatoms. The molecule has 0 aliphatic rings. The number of aromatic nitrogens is 3. The summed E-state index contributed by atoms with van der Waals surface area (Å²) >= 11 is 5.79. The summed E-state index contributed by atoms with van der Waals surface area (Å²) in [6.45, 7) is 4.13. The van der Waals surface area contributed by atoms with Crippen molar-refractivity contribution in [1.29, 1.82) is 0 Å². The molecule has 2 aromatic heterocycles. The van der Waals surface area contributed by atoms with Gasteiger partial charge in [0.05, 0.1) is 11.1 Å². The van der Waals surface area contributed by atoms with Crippen LogP contribution >= 0.6 is 36.4 Å². The number of nitrogens with zero attached hydrogens (tertiary/aromatic N) is 4. The standard InChI is InChI=1S/C25H25ClN6O.2ClH/c1-15-5-11-21-20(13-15)23(31-25(30-21)32(3)4)28-16(2)17-6-9-19(10-7-17)29-24(33)18-8-12-22(26)27-14-18;;/h5-14,16H,1-4H3,(H,29,33)(H,28,30,31);2*1H/t16-;;/m0../s1. The van der Waals surface area contributed by atoms with Crippen molar-refractivity contribution in [2.45, 2.75) is 19.9 Å². The lowest BCUT2D eigenvalue weighted by Crippen LogP contribution is -2.16. The van der Waals surface area contributed by atoms with Crippen LogP contribution in [0.4, 0.5) is 17.5 Å². The molecule has 0 aliphatic heterocycles. The van der Waals surface area contributed by atoms with Crippen molar-refractivity contribution in [3.8, 4) is 0 Å². The molecule has 35 heavy (non-hydrogen) atoms. The number of fused-ring (bicyclic) bond motifs is 1. The number of rotatable bonds is 6. The summed E-state index contributed by atoms with van der Waals surface area (Å²) in [5.41, 5.74) is 4.25. The summed E-state index contributed by atoms with van der Waals surface area (Å²) in [7, 11) is 3.85. The molecule has 0 saturated heterocycles. The van der Waals surface area contributed by atoms with Gasteiger partial charge in [0.25, 0.3) is 5.91 Å². The van der Waals surface area contributed by atoms with Gasteiger partial charge in [0.15, 0.2) is 0 Å². The van der Waals surface area contributed by atoms with Crippen molar-refractivity contribution >= 4 is 70.7 Å². The zero-order chi connectivity index (χ0) is 23.5. The Morgan fingerprint density at radius 3 is 2.34 bits per heavy atom. The fourth-order valence-electron chi connectivity index (χ4n) is 3.40. The molecule has 2 N–H and O–H groups in total. The predicted molar refractivity (Wildman–Crippen MR) is 149 cm³/mol. The molecule has 1 amide bonds. The van der Waals surface area contributed by atoms with E-state index >= 15 is 0 Å². The van der Waals surface area contributed by atoms with Crippen molar-refractivity contribution in [1.82, 2.24) is 15.0 Å². The van der Waals surface area contributed by atoms with Gasteiger partial charge < -0.3 is 15.5 Å². The third-order valence-corrected chi connectivity index (χ3v) is 5.47. The number of aryl methyl sites for hydroxylation is 1. The molecule has 7 nitrogen and oxygen atoms in total. The number of nitrogens with one attached hydrogen (secondary N) is 2. The van der Waals surface area contributed by atoms with Crippen LogP contribution in [0, 0.1) is 6.92 Å². The maximum atomic E-state index is 12.4. The highest BCUT2D eigenvalue weighted by Crippen LogP contribution is 2.28. The van der Waals surface area contributed by atoms with Gasteiger partial charge in [-0.3, -0.25) is 4.79 Å². The first-order valence-electron chi connectivity index (χ1n) is 10.6. The van der Waals surface area contributed by atoms with Crippen molar-refractivity contribution in [3.63, 3.8) is 0 Å². The molecule has 0 fully saturated rings. The number of halogens is 3. The van der Waals surface area contributed by atoms with Gasteiger partial charge in [0.2, 0.25) is 5.95 Å². The zero-order valence-electron chi connectivity index (χ0n) is 19.7. The van der Waals surface area contributed by atoms with Gasteiger partial charge in [0, 0.05) is 37.4 Å². The smallest absolute Gasteiger partial charge is 0.257 e. The summed E-state index contributed by atoms with van der Waals surface area (Å²) in [4.78, 5) is 27.6. The number of amides is 1. The normalized spacial score (nSPS) is 11.1. The van der Waals surface area contributed by atoms with Crippen molar-refractivity contribution in [2.75, 3.05) is 29.6 Å². The van der Waals surface area contributed by atoms with Crippen molar-refractivity contribution in [2.24, 2.45) is 0 Å². The molecule has 2 aromatic carbocycles. The van der Waals surface area contributed by atoms with Gasteiger partial charge in [-0.25, -0.2) is 9.97 Å². The molecule has 0 saturated carbocycles. The Labute approximate surface area is 222 Å². The fraction of sp³-hybridized carbons (Fsp3) is 0.200. The average Bonchev–Trinajstić information content (AvgIpc) is 2.80. The summed E-state index contributed by atoms with van der Waals surface area (Å²) in [6, 6.07) is 17.1. The van der Waals surface area contributed by atoms with Crippen LogP contribution in [0.1, 0.15) is 34.5 Å². The van der Waals surface area contributed by atoms with Crippen LogP contribution in [0.5, 0.6) is 0 Å². The van der Waals surface area contributed by atoms with E-state index in [1.165, 1.54) is 6.20 Å². The molecule has 0 radical (unpaired) electrons. The van der Waals surface area contributed by atoms with Crippen LogP contribution < -0.4 is 15.5 Å². The number of hydrogen-bond donors (Lipinski definition) is 2. The number of carbonyl (C=O) groups excluding carboxylic acids is 1. The van der Waals surface area contributed by atoms with Gasteiger partial charge >= 0.3 is 0 Å². The molecule has 184 valence electrons. The van der Waals surface area contributed by atoms with Gasteiger partial charge in [-0.05, 0) is 55.8 Å². The Morgan fingerprint density at radius 2 is 1.71 bits per heavy atom. The summed E-state index contributed by atoms with van der Waals surface area (Å²) in [5.74, 6) is 1.19. The van der Waals surface area contributed by atoms with E-state index in [2.05, 4.69) is 46.6 Å². The molecule has 0 unspecified atom stereocenters. The van der Waals surface area contributed by atoms with Crippen LogP contribution in [0.15, 0.2) is 60.8 Å². The number of hydrogen-bond acceptors (Lipinski definition) is 6. The van der Waals surface area contributed by atoms with E-state index in [0.717, 1.165) is 27.8 Å². The maximum absolute atomic E-state index is 12.4. The molecule has 0 aliphatic carbocycles. The topological polar surface area (TPSA) is 83.0 Å². The molecular formula is C25H27Cl3N6O. The first-order chi connectivity index (χ1) is 15.8. The maximum Gasteiger partial charge on any atom is 0.257 e. The van der Waals surface area contributed by atoms with E-state index in [4.69, 9.17) is 16.6 Å². The molecule has 0 spiro atoms. The van der Waals surface area contributed by atoms with E-state index < -0.39 is 0 Å². The lowest BCUT2D eigenvalue weighted by atomic mass is 10.1. The van der Waals surface area contributed by atoms with Crippen LogP contribution in [0.2, 0.25) is 5.15 Å². The van der Waals surface area contributed by atoms with E-state index in [1.54, 1.807) is 12.1 Å². The minimum Gasteiger partial charge on any atom is -0.363 e. The van der Waals surface area contributed by atoms with E-state index in [9.17, 15) is 4.79 Å². The van der Waals surface area contributed by atoms with Crippen molar-refractivity contribution < 1.29 is 4.79 Å². The molecule has 0 bridgehead atoms. The molecule has 2 heterocycles. The number of anilines is 3. The predicted octanol–water partition coefficient (Wildman–Crippen LogP) is 6.32. The number of benzene rings is 2. The number of carbonyl (C=O) groups is 1. The third kappa shape index (κ3) is 6.72. The highest BCUT2D eigenvalue weighted by Gasteiger charge is 2.14. The second kappa shape index (κ2) is 12.0. The zero-order valence-corrected chi connectivity index (χ0v) is 22.1. The van der Waals surface area contributed by atoms with Crippen LogP contribution in [-0.4, -0.2) is 35.0 Å². The van der Waals surface area contributed by atoms with Crippen LogP contribution in [-0.2, 0) is 0 Å². The highest BCUT2D eigenvalue weighted by atomic mass is 35.5. The lowest BCUT2D eigenvalue weighted by molar-refractivity contribution is 0.102.